The first-order valence-corrected chi connectivity index (χ1v) is 9.98. The molecule has 2 aromatic carbocycles. The van der Waals surface area contributed by atoms with Crippen LogP contribution >= 0.6 is 0 Å². The number of benzene rings is 2. The normalized spacial score (nSPS) is 12.6. The number of nitrogens with one attached hydrogen (secondary N) is 4. The monoisotopic (exact) mass is 429 g/mol. The zero-order valence-corrected chi connectivity index (χ0v) is 16.9. The molecule has 0 radical (unpaired) electrons. The minimum Gasteiger partial charge on any atom is -0.482 e. The van der Waals surface area contributed by atoms with Gasteiger partial charge >= 0.3 is 0 Å². The van der Waals surface area contributed by atoms with Crippen LogP contribution in [0.4, 0.5) is 11.5 Å². The number of aromatic nitrogens is 4. The van der Waals surface area contributed by atoms with Gasteiger partial charge in [-0.15, -0.1) is 0 Å². The molecule has 10 nitrogen and oxygen atoms in total. The van der Waals surface area contributed by atoms with E-state index in [2.05, 4.69) is 36.1 Å². The first-order chi connectivity index (χ1) is 15.7. The number of nitrogens with zero attached hydrogens (tertiary/aromatic N) is 3. The third-order valence-electron chi connectivity index (χ3n) is 5.00. The van der Waals surface area contributed by atoms with Crippen LogP contribution in [0.25, 0.3) is 11.0 Å². The van der Waals surface area contributed by atoms with E-state index in [-0.39, 0.29) is 30.7 Å². The number of anilines is 2. The number of hydrogen-bond donors (Lipinski definition) is 4. The fraction of sp³-hybridized carbons (Fsp3) is 0.136. The predicted molar refractivity (Wildman–Crippen MR) is 117 cm³/mol. The molecule has 0 fully saturated rings. The Morgan fingerprint density at radius 1 is 1.06 bits per heavy atom. The maximum atomic E-state index is 12.8. The minimum absolute atomic E-state index is 0.000824. The van der Waals surface area contributed by atoms with Crippen molar-refractivity contribution in [3.8, 4) is 5.75 Å². The second-order valence-electron chi connectivity index (χ2n) is 7.21. The molecule has 32 heavy (non-hydrogen) atoms. The number of hydrogen-bond acceptors (Lipinski definition) is 7. The van der Waals surface area contributed by atoms with E-state index < -0.39 is 0 Å². The lowest BCUT2D eigenvalue weighted by Gasteiger charge is -2.18. The number of amides is 2. The SMILES string of the molecule is O=C1COc2ccc(CNC(=O)c3ncnc4c(NCc5ccccc5)n[nH]c34)cc2N1. The zero-order chi connectivity index (χ0) is 21.9. The highest BCUT2D eigenvalue weighted by Crippen LogP contribution is 2.28. The van der Waals surface area contributed by atoms with Crippen molar-refractivity contribution < 1.29 is 14.3 Å². The standard InChI is InChI=1S/C22H19N7O3/c30-17-11-32-16-7-6-14(8-15(16)27-17)10-24-22(31)20-18-19(25-12-26-20)21(29-28-18)23-9-13-4-2-1-3-5-13/h1-8,12H,9-11H2,(H,24,31)(H,27,30)(H2,23,28,29). The van der Waals surface area contributed by atoms with Gasteiger partial charge in [-0.2, -0.15) is 5.10 Å². The summed E-state index contributed by atoms with van der Waals surface area (Å²) in [6, 6.07) is 15.3. The average molecular weight is 429 g/mol. The second kappa shape index (κ2) is 8.34. The van der Waals surface area contributed by atoms with Crippen LogP contribution < -0.4 is 20.7 Å². The molecule has 2 aromatic heterocycles. The quantitative estimate of drug-likeness (QED) is 0.369. The van der Waals surface area contributed by atoms with Crippen LogP contribution in [0.15, 0.2) is 54.9 Å². The van der Waals surface area contributed by atoms with Gasteiger partial charge in [0.25, 0.3) is 11.8 Å². The molecule has 160 valence electrons. The van der Waals surface area contributed by atoms with Gasteiger partial charge in [-0.25, -0.2) is 9.97 Å². The summed E-state index contributed by atoms with van der Waals surface area (Å²) >= 11 is 0. The number of ether oxygens (including phenoxy) is 1. The molecule has 4 aromatic rings. The van der Waals surface area contributed by atoms with Gasteiger partial charge < -0.3 is 20.7 Å². The van der Waals surface area contributed by atoms with Crippen molar-refractivity contribution in [1.82, 2.24) is 25.5 Å². The van der Waals surface area contributed by atoms with Gasteiger partial charge in [0.15, 0.2) is 18.1 Å². The number of carbonyl (C=O) groups is 2. The van der Waals surface area contributed by atoms with Gasteiger partial charge in [0.1, 0.15) is 23.1 Å². The Kier molecular flexibility index (Phi) is 5.08. The van der Waals surface area contributed by atoms with E-state index in [9.17, 15) is 9.59 Å². The molecule has 10 heteroatoms. The molecule has 3 heterocycles. The summed E-state index contributed by atoms with van der Waals surface area (Å²) in [5.41, 5.74) is 3.68. The Morgan fingerprint density at radius 3 is 2.81 bits per heavy atom. The van der Waals surface area contributed by atoms with E-state index in [4.69, 9.17) is 4.74 Å². The predicted octanol–water partition coefficient (Wildman–Crippen LogP) is 2.23. The van der Waals surface area contributed by atoms with Crippen molar-refractivity contribution in [3.05, 3.63) is 71.7 Å². The van der Waals surface area contributed by atoms with E-state index in [0.717, 1.165) is 11.1 Å². The van der Waals surface area contributed by atoms with Gasteiger partial charge in [-0.05, 0) is 23.3 Å². The first kappa shape index (κ1) is 19.5. The highest BCUT2D eigenvalue weighted by Gasteiger charge is 2.19. The largest absolute Gasteiger partial charge is 0.482 e. The molecule has 5 rings (SSSR count). The Hall–Kier alpha value is -4.47. The van der Waals surface area contributed by atoms with Crippen LogP contribution in [0, 0.1) is 0 Å². The van der Waals surface area contributed by atoms with Crippen LogP contribution in [-0.4, -0.2) is 38.6 Å². The number of H-pyrrole nitrogens is 1. The van der Waals surface area contributed by atoms with E-state index >= 15 is 0 Å². The number of rotatable bonds is 6. The molecule has 0 saturated carbocycles. The average Bonchev–Trinajstić information content (AvgIpc) is 3.25. The molecule has 0 bridgehead atoms. The van der Waals surface area contributed by atoms with E-state index in [1.807, 2.05) is 36.4 Å². The van der Waals surface area contributed by atoms with Crippen molar-refractivity contribution in [2.75, 3.05) is 17.2 Å². The summed E-state index contributed by atoms with van der Waals surface area (Å²) in [6.45, 7) is 0.824. The molecule has 4 N–H and O–H groups in total. The lowest BCUT2D eigenvalue weighted by Crippen LogP contribution is -2.26. The molecule has 1 aliphatic rings. The topological polar surface area (TPSA) is 134 Å². The maximum Gasteiger partial charge on any atom is 0.272 e. The van der Waals surface area contributed by atoms with Gasteiger partial charge in [-0.3, -0.25) is 14.7 Å². The van der Waals surface area contributed by atoms with Crippen molar-refractivity contribution in [1.29, 1.82) is 0 Å². The van der Waals surface area contributed by atoms with Crippen LogP contribution in [0.5, 0.6) is 5.75 Å². The van der Waals surface area contributed by atoms with E-state index in [1.54, 1.807) is 12.1 Å². The van der Waals surface area contributed by atoms with Crippen LogP contribution in [0.2, 0.25) is 0 Å². The Balaban J connectivity index is 1.29. The van der Waals surface area contributed by atoms with E-state index in [1.165, 1.54) is 6.33 Å². The fourth-order valence-electron chi connectivity index (χ4n) is 3.42. The summed E-state index contributed by atoms with van der Waals surface area (Å²) in [5.74, 6) is 0.572. The molecule has 1 aliphatic heterocycles. The molecule has 0 aliphatic carbocycles. The third-order valence-corrected chi connectivity index (χ3v) is 5.00. The molecule has 2 amide bonds. The Morgan fingerprint density at radius 2 is 1.94 bits per heavy atom. The molecule has 0 spiro atoms. The van der Waals surface area contributed by atoms with Crippen LogP contribution in [0.1, 0.15) is 21.6 Å². The number of carbonyl (C=O) groups excluding carboxylic acids is 2. The summed E-state index contributed by atoms with van der Waals surface area (Å²) in [5, 5.41) is 15.9. The third kappa shape index (κ3) is 3.93. The molecular weight excluding hydrogens is 410 g/mol. The Bertz CT molecular complexity index is 1300. The lowest BCUT2D eigenvalue weighted by molar-refractivity contribution is -0.118. The van der Waals surface area contributed by atoms with Gasteiger partial charge in [0.05, 0.1) is 5.69 Å². The van der Waals surface area contributed by atoms with Crippen molar-refractivity contribution >= 4 is 34.4 Å². The number of fused-ring (bicyclic) bond motifs is 2. The smallest absolute Gasteiger partial charge is 0.272 e. The van der Waals surface area contributed by atoms with Crippen LogP contribution in [0.3, 0.4) is 0 Å². The van der Waals surface area contributed by atoms with Crippen molar-refractivity contribution in [3.63, 3.8) is 0 Å². The summed E-state index contributed by atoms with van der Waals surface area (Å²) in [7, 11) is 0. The van der Waals surface area contributed by atoms with Gasteiger partial charge in [-0.1, -0.05) is 36.4 Å². The second-order valence-corrected chi connectivity index (χ2v) is 7.21. The highest BCUT2D eigenvalue weighted by atomic mass is 16.5. The summed E-state index contributed by atoms with van der Waals surface area (Å²) in [6.07, 6.45) is 1.34. The van der Waals surface area contributed by atoms with Crippen molar-refractivity contribution in [2.45, 2.75) is 13.1 Å². The fourth-order valence-corrected chi connectivity index (χ4v) is 3.42. The maximum absolute atomic E-state index is 12.8. The zero-order valence-electron chi connectivity index (χ0n) is 16.9. The molecule has 0 atom stereocenters. The number of aromatic amines is 1. The van der Waals surface area contributed by atoms with Crippen molar-refractivity contribution in [2.24, 2.45) is 0 Å². The first-order valence-electron chi connectivity index (χ1n) is 9.98. The summed E-state index contributed by atoms with van der Waals surface area (Å²) < 4.78 is 5.35. The Labute approximate surface area is 182 Å². The van der Waals surface area contributed by atoms with Crippen LogP contribution in [-0.2, 0) is 17.9 Å². The van der Waals surface area contributed by atoms with Gasteiger partial charge in [0, 0.05) is 13.1 Å². The molecule has 0 unspecified atom stereocenters. The highest BCUT2D eigenvalue weighted by molar-refractivity contribution is 6.04. The van der Waals surface area contributed by atoms with E-state index in [0.29, 0.717) is 34.8 Å². The lowest BCUT2D eigenvalue weighted by atomic mass is 10.1. The minimum atomic E-state index is -0.367. The molecular formula is C22H19N7O3. The summed E-state index contributed by atoms with van der Waals surface area (Å²) in [4.78, 5) is 32.7. The van der Waals surface area contributed by atoms with Gasteiger partial charge in [0.2, 0.25) is 0 Å². The molecule has 0 saturated heterocycles.